The zero-order chi connectivity index (χ0) is 24.1. The van der Waals surface area contributed by atoms with Crippen LogP contribution in [0.2, 0.25) is 5.02 Å². The highest BCUT2D eigenvalue weighted by atomic mass is 35.5. The molecule has 2 atom stereocenters. The predicted molar refractivity (Wildman–Crippen MR) is 98.5 cm³/mol. The second-order valence-electron chi connectivity index (χ2n) is 6.96. The van der Waals surface area contributed by atoms with Crippen molar-refractivity contribution in [3.63, 3.8) is 0 Å². The summed E-state index contributed by atoms with van der Waals surface area (Å²) in [6.07, 6.45) is -13.3. The van der Waals surface area contributed by atoms with Crippen molar-refractivity contribution in [2.24, 2.45) is 0 Å². The van der Waals surface area contributed by atoms with E-state index >= 15 is 0 Å². The van der Waals surface area contributed by atoms with Gasteiger partial charge in [-0.2, -0.15) is 26.3 Å². The summed E-state index contributed by atoms with van der Waals surface area (Å²) in [5.74, 6) is -3.51. The van der Waals surface area contributed by atoms with Gasteiger partial charge in [0.1, 0.15) is 12.2 Å². The van der Waals surface area contributed by atoms with Crippen molar-refractivity contribution in [3.05, 3.63) is 70.0 Å². The zero-order valence-corrected chi connectivity index (χ0v) is 16.8. The first-order valence-corrected chi connectivity index (χ1v) is 9.47. The predicted octanol–water partition coefficient (Wildman–Crippen LogP) is 4.99. The maximum atomic E-state index is 13.7. The Hall–Kier alpha value is -3.19. The third kappa shape index (κ3) is 4.25. The largest absolute Gasteiger partial charge is 0.481 e. The lowest BCUT2D eigenvalue weighted by atomic mass is 9.97. The molecule has 3 aromatic rings. The maximum absolute atomic E-state index is 13.7. The number of rotatable bonds is 3. The number of fused-ring (bicyclic) bond motifs is 3. The molecule has 0 aliphatic carbocycles. The van der Waals surface area contributed by atoms with E-state index in [1.165, 1.54) is 12.1 Å². The second kappa shape index (κ2) is 7.99. The molecular formula is C19H11ClF6N4O3. The Morgan fingerprint density at radius 2 is 1.82 bits per heavy atom. The van der Waals surface area contributed by atoms with E-state index in [-0.39, 0.29) is 16.3 Å². The SMILES string of the molecule is O=C(O)CC1OC(c2cccnc2C(F)(F)F)c2cc(Cl)ccc2-n2c1nnc2C(F)(F)F. The molecule has 0 saturated heterocycles. The van der Waals surface area contributed by atoms with E-state index in [0.29, 0.717) is 4.57 Å². The molecule has 2 unspecified atom stereocenters. The van der Waals surface area contributed by atoms with Crippen LogP contribution in [0.1, 0.15) is 47.1 Å². The van der Waals surface area contributed by atoms with Crippen LogP contribution in [0.5, 0.6) is 0 Å². The fourth-order valence-corrected chi connectivity index (χ4v) is 3.75. The van der Waals surface area contributed by atoms with Crippen molar-refractivity contribution < 1.29 is 41.0 Å². The van der Waals surface area contributed by atoms with E-state index in [4.69, 9.17) is 16.3 Å². The first-order chi connectivity index (χ1) is 15.4. The van der Waals surface area contributed by atoms with Crippen LogP contribution < -0.4 is 0 Å². The molecule has 7 nitrogen and oxygen atoms in total. The van der Waals surface area contributed by atoms with E-state index in [2.05, 4.69) is 15.2 Å². The first-order valence-electron chi connectivity index (χ1n) is 9.09. The van der Waals surface area contributed by atoms with Gasteiger partial charge in [0.15, 0.2) is 11.5 Å². The Bertz CT molecular complexity index is 1230. The normalized spacial score (nSPS) is 18.4. The van der Waals surface area contributed by atoms with Gasteiger partial charge in [-0.3, -0.25) is 14.3 Å². The van der Waals surface area contributed by atoms with Crippen LogP contribution in [-0.2, 0) is 21.9 Å². The summed E-state index contributed by atoms with van der Waals surface area (Å²) in [5.41, 5.74) is -2.32. The molecule has 1 aliphatic rings. The van der Waals surface area contributed by atoms with Gasteiger partial charge in [0.2, 0.25) is 5.82 Å². The molecule has 0 radical (unpaired) electrons. The van der Waals surface area contributed by atoms with Crippen molar-refractivity contribution >= 4 is 17.6 Å². The van der Waals surface area contributed by atoms with Gasteiger partial charge in [0.25, 0.3) is 0 Å². The van der Waals surface area contributed by atoms with Crippen LogP contribution in [-0.4, -0.2) is 30.8 Å². The number of aromatic nitrogens is 4. The molecule has 0 spiro atoms. The molecule has 1 aliphatic heterocycles. The second-order valence-corrected chi connectivity index (χ2v) is 7.40. The van der Waals surface area contributed by atoms with Crippen LogP contribution in [0.4, 0.5) is 26.3 Å². The molecule has 0 bridgehead atoms. The number of carbonyl (C=O) groups is 1. The number of ether oxygens (including phenoxy) is 1. The number of hydrogen-bond donors (Lipinski definition) is 1. The number of aliphatic carboxylic acids is 1. The van der Waals surface area contributed by atoms with E-state index in [0.717, 1.165) is 24.4 Å². The van der Waals surface area contributed by atoms with Crippen LogP contribution >= 0.6 is 11.6 Å². The highest BCUT2D eigenvalue weighted by molar-refractivity contribution is 6.30. The Balaban J connectivity index is 2.04. The molecule has 1 aromatic carbocycles. The van der Waals surface area contributed by atoms with E-state index in [1.54, 1.807) is 0 Å². The molecule has 33 heavy (non-hydrogen) atoms. The molecule has 0 saturated carbocycles. The summed E-state index contributed by atoms with van der Waals surface area (Å²) in [7, 11) is 0. The van der Waals surface area contributed by atoms with Crippen LogP contribution in [0.15, 0.2) is 36.5 Å². The summed E-state index contributed by atoms with van der Waals surface area (Å²) < 4.78 is 88.3. The van der Waals surface area contributed by atoms with Gasteiger partial charge in [0.05, 0.1) is 12.1 Å². The Kier molecular flexibility index (Phi) is 5.56. The summed E-state index contributed by atoms with van der Waals surface area (Å²) >= 11 is 6.01. The van der Waals surface area contributed by atoms with Gasteiger partial charge in [-0.15, -0.1) is 10.2 Å². The van der Waals surface area contributed by atoms with E-state index in [1.807, 2.05) is 0 Å². The van der Waals surface area contributed by atoms with E-state index in [9.17, 15) is 36.2 Å². The molecule has 2 aromatic heterocycles. The number of alkyl halides is 6. The number of benzene rings is 1. The molecular weight excluding hydrogens is 482 g/mol. The van der Waals surface area contributed by atoms with Crippen molar-refractivity contribution in [3.8, 4) is 5.69 Å². The number of carboxylic acids is 1. The smallest absolute Gasteiger partial charge is 0.452 e. The summed E-state index contributed by atoms with van der Waals surface area (Å²) in [6.45, 7) is 0. The van der Waals surface area contributed by atoms with Gasteiger partial charge in [-0.1, -0.05) is 17.7 Å². The first kappa shape index (κ1) is 23.0. The number of pyridine rings is 1. The van der Waals surface area contributed by atoms with Crippen molar-refractivity contribution in [2.45, 2.75) is 31.0 Å². The molecule has 4 rings (SSSR count). The maximum Gasteiger partial charge on any atom is 0.452 e. The number of halogens is 7. The fourth-order valence-electron chi connectivity index (χ4n) is 3.57. The number of nitrogens with zero attached hydrogens (tertiary/aromatic N) is 4. The van der Waals surface area contributed by atoms with Gasteiger partial charge in [0, 0.05) is 22.3 Å². The quantitative estimate of drug-likeness (QED) is 0.518. The topological polar surface area (TPSA) is 90.1 Å². The summed E-state index contributed by atoms with van der Waals surface area (Å²) in [5, 5.41) is 15.9. The van der Waals surface area contributed by atoms with Crippen LogP contribution in [0.25, 0.3) is 5.69 Å². The summed E-state index contributed by atoms with van der Waals surface area (Å²) in [6, 6.07) is 5.74. The lowest BCUT2D eigenvalue weighted by Crippen LogP contribution is -2.19. The highest BCUT2D eigenvalue weighted by Gasteiger charge is 2.45. The molecule has 1 N–H and O–H groups in total. The Morgan fingerprint density at radius 3 is 2.45 bits per heavy atom. The zero-order valence-electron chi connectivity index (χ0n) is 16.0. The Labute approximate surface area is 185 Å². The van der Waals surface area contributed by atoms with Gasteiger partial charge in [-0.05, 0) is 24.3 Å². The van der Waals surface area contributed by atoms with Gasteiger partial charge in [-0.25, -0.2) is 0 Å². The van der Waals surface area contributed by atoms with Crippen molar-refractivity contribution in [1.82, 2.24) is 19.7 Å². The van der Waals surface area contributed by atoms with Crippen molar-refractivity contribution in [2.75, 3.05) is 0 Å². The standard InChI is InChI=1S/C19H11ClF6N4O3/c20-8-3-4-11-10(6-8)14(9-2-1-5-27-15(9)18(21,22)23)33-12(7-13(31)32)16-28-29-17(30(11)16)19(24,25)26/h1-6,12,14H,7H2,(H,31,32). The number of hydrogen-bond acceptors (Lipinski definition) is 5. The molecule has 174 valence electrons. The molecule has 0 amide bonds. The average Bonchev–Trinajstić information content (AvgIpc) is 3.11. The third-order valence-corrected chi connectivity index (χ3v) is 5.03. The highest BCUT2D eigenvalue weighted by Crippen LogP contribution is 2.46. The van der Waals surface area contributed by atoms with Gasteiger partial charge < -0.3 is 9.84 Å². The molecule has 3 heterocycles. The van der Waals surface area contributed by atoms with E-state index < -0.39 is 59.9 Å². The van der Waals surface area contributed by atoms with Gasteiger partial charge >= 0.3 is 18.3 Å². The lowest BCUT2D eigenvalue weighted by molar-refractivity contribution is -0.147. The minimum atomic E-state index is -5.01. The van der Waals surface area contributed by atoms with Crippen LogP contribution in [0.3, 0.4) is 0 Å². The monoisotopic (exact) mass is 492 g/mol. The fraction of sp³-hybridized carbons (Fsp3) is 0.263. The lowest BCUT2D eigenvalue weighted by Gasteiger charge is -2.24. The summed E-state index contributed by atoms with van der Waals surface area (Å²) in [4.78, 5) is 14.8. The number of carboxylic acid groups (broad SMARTS) is 1. The molecule has 0 fully saturated rings. The molecule has 14 heteroatoms. The third-order valence-electron chi connectivity index (χ3n) is 4.79. The minimum absolute atomic E-state index is 0.000309. The van der Waals surface area contributed by atoms with Crippen molar-refractivity contribution in [1.29, 1.82) is 0 Å². The average molecular weight is 493 g/mol. The van der Waals surface area contributed by atoms with Crippen LogP contribution in [0, 0.1) is 0 Å². The Morgan fingerprint density at radius 1 is 1.09 bits per heavy atom. The minimum Gasteiger partial charge on any atom is -0.481 e.